The topological polar surface area (TPSA) is 60.4 Å². The van der Waals surface area contributed by atoms with Crippen LogP contribution in [0.4, 0.5) is 0 Å². The first-order valence-electron chi connectivity index (χ1n) is 6.02. The maximum Gasteiger partial charge on any atom is 0.341 e. The van der Waals surface area contributed by atoms with Gasteiger partial charge in [0, 0.05) is 12.0 Å². The molecule has 4 heteroatoms. The fraction of sp³-hybridized carbons (Fsp3) is 0.267. The van der Waals surface area contributed by atoms with Crippen molar-refractivity contribution >= 4 is 17.5 Å². The maximum absolute atomic E-state index is 12.2. The lowest BCUT2D eigenvalue weighted by atomic mass is 10.0. The fourth-order valence-corrected chi connectivity index (χ4v) is 1.47. The van der Waals surface area contributed by atoms with Gasteiger partial charge in [0.1, 0.15) is 11.4 Å². The second-order valence-corrected chi connectivity index (χ2v) is 3.94. The molecule has 0 heterocycles. The van der Waals surface area contributed by atoms with Gasteiger partial charge in [-0.2, -0.15) is 0 Å². The predicted molar refractivity (Wildman–Crippen MR) is 70.8 cm³/mol. The predicted octanol–water partition coefficient (Wildman–Crippen LogP) is 2.34. The highest BCUT2D eigenvalue weighted by Gasteiger charge is 2.20. The average molecular weight is 260 g/mol. The SMILES string of the molecule is CCOC(=O)C(=CCC(C)=O)C(=O)c1ccccc1. The number of hydrogen-bond donors (Lipinski definition) is 0. The molecule has 0 aliphatic carbocycles. The Balaban J connectivity index is 3.03. The van der Waals surface area contributed by atoms with Crippen LogP contribution in [0.1, 0.15) is 30.6 Å². The van der Waals surface area contributed by atoms with E-state index in [-0.39, 0.29) is 24.4 Å². The molecular formula is C15H16O4. The van der Waals surface area contributed by atoms with Gasteiger partial charge in [-0.25, -0.2) is 4.79 Å². The van der Waals surface area contributed by atoms with Crippen molar-refractivity contribution in [2.45, 2.75) is 20.3 Å². The van der Waals surface area contributed by atoms with Crippen LogP contribution in [0.3, 0.4) is 0 Å². The minimum Gasteiger partial charge on any atom is -0.462 e. The summed E-state index contributed by atoms with van der Waals surface area (Å²) >= 11 is 0. The highest BCUT2D eigenvalue weighted by atomic mass is 16.5. The van der Waals surface area contributed by atoms with E-state index in [2.05, 4.69) is 0 Å². The number of hydrogen-bond acceptors (Lipinski definition) is 4. The Hall–Kier alpha value is -2.23. The molecule has 0 saturated heterocycles. The Morgan fingerprint density at radius 2 is 1.79 bits per heavy atom. The highest BCUT2D eigenvalue weighted by molar-refractivity contribution is 6.24. The van der Waals surface area contributed by atoms with Crippen LogP contribution < -0.4 is 0 Å². The van der Waals surface area contributed by atoms with Crippen LogP contribution in [0.5, 0.6) is 0 Å². The summed E-state index contributed by atoms with van der Waals surface area (Å²) in [5, 5.41) is 0. The zero-order chi connectivity index (χ0) is 14.3. The molecule has 0 radical (unpaired) electrons. The lowest BCUT2D eigenvalue weighted by molar-refractivity contribution is -0.138. The third-order valence-electron chi connectivity index (χ3n) is 2.37. The maximum atomic E-state index is 12.2. The van der Waals surface area contributed by atoms with Gasteiger partial charge in [-0.1, -0.05) is 36.4 Å². The molecule has 4 nitrogen and oxygen atoms in total. The zero-order valence-electron chi connectivity index (χ0n) is 11.0. The zero-order valence-corrected chi connectivity index (χ0v) is 11.0. The number of carbonyl (C=O) groups excluding carboxylic acids is 3. The molecule has 0 amide bonds. The monoisotopic (exact) mass is 260 g/mol. The molecule has 1 aromatic carbocycles. The Bertz CT molecular complexity index is 500. The second kappa shape index (κ2) is 7.26. The summed E-state index contributed by atoms with van der Waals surface area (Å²) in [6, 6.07) is 8.42. The Morgan fingerprint density at radius 1 is 1.16 bits per heavy atom. The van der Waals surface area contributed by atoms with Crippen LogP contribution in [-0.4, -0.2) is 24.1 Å². The molecule has 0 N–H and O–H groups in total. The molecule has 0 aliphatic heterocycles. The van der Waals surface area contributed by atoms with E-state index >= 15 is 0 Å². The summed E-state index contributed by atoms with van der Waals surface area (Å²) in [6.45, 7) is 3.23. The summed E-state index contributed by atoms with van der Waals surface area (Å²) in [6.07, 6.45) is 1.36. The molecule has 0 saturated carbocycles. The van der Waals surface area contributed by atoms with Crippen LogP contribution in [0.2, 0.25) is 0 Å². The number of rotatable bonds is 6. The van der Waals surface area contributed by atoms with Crippen LogP contribution in [-0.2, 0) is 14.3 Å². The molecular weight excluding hydrogens is 244 g/mol. The number of esters is 1. The van der Waals surface area contributed by atoms with Crippen molar-refractivity contribution in [3.05, 3.63) is 47.5 Å². The van der Waals surface area contributed by atoms with Crippen molar-refractivity contribution in [3.63, 3.8) is 0 Å². The van der Waals surface area contributed by atoms with E-state index in [0.29, 0.717) is 5.56 Å². The summed E-state index contributed by atoms with van der Waals surface area (Å²) in [5.74, 6) is -1.25. The standard InChI is InChI=1S/C15H16O4/c1-3-19-15(18)13(10-9-11(2)16)14(17)12-7-5-4-6-8-12/h4-8,10H,3,9H2,1-2H3. The van der Waals surface area contributed by atoms with Gasteiger partial charge < -0.3 is 4.74 Å². The van der Waals surface area contributed by atoms with E-state index in [9.17, 15) is 14.4 Å². The molecule has 0 unspecified atom stereocenters. The van der Waals surface area contributed by atoms with Gasteiger partial charge in [0.25, 0.3) is 0 Å². The Kier molecular flexibility index (Phi) is 5.67. The second-order valence-electron chi connectivity index (χ2n) is 3.94. The first-order chi connectivity index (χ1) is 9.06. The van der Waals surface area contributed by atoms with E-state index in [4.69, 9.17) is 4.74 Å². The molecule has 0 fully saturated rings. The third-order valence-corrected chi connectivity index (χ3v) is 2.37. The third kappa shape index (κ3) is 4.50. The largest absolute Gasteiger partial charge is 0.462 e. The number of Topliss-reactive ketones (excluding diaryl/α,β-unsaturated/α-hetero) is 2. The van der Waals surface area contributed by atoms with E-state index in [1.165, 1.54) is 13.0 Å². The molecule has 1 rings (SSSR count). The van der Waals surface area contributed by atoms with E-state index in [1.807, 2.05) is 0 Å². The molecule has 19 heavy (non-hydrogen) atoms. The molecule has 0 aliphatic rings. The summed E-state index contributed by atoms with van der Waals surface area (Å²) in [5.41, 5.74) is 0.300. The molecule has 0 spiro atoms. The number of carbonyl (C=O) groups is 3. The normalized spacial score (nSPS) is 10.9. The lowest BCUT2D eigenvalue weighted by Gasteiger charge is -2.06. The summed E-state index contributed by atoms with van der Waals surface area (Å²) in [4.78, 5) is 34.9. The summed E-state index contributed by atoms with van der Waals surface area (Å²) < 4.78 is 4.84. The van der Waals surface area contributed by atoms with Crippen molar-refractivity contribution in [1.29, 1.82) is 0 Å². The smallest absolute Gasteiger partial charge is 0.341 e. The number of allylic oxidation sites excluding steroid dienone is 1. The number of benzene rings is 1. The minimum absolute atomic E-state index is 0.0344. The van der Waals surface area contributed by atoms with Crippen LogP contribution in [0, 0.1) is 0 Å². The van der Waals surface area contributed by atoms with Crippen molar-refractivity contribution in [2.24, 2.45) is 0 Å². The Morgan fingerprint density at radius 3 is 2.32 bits per heavy atom. The Labute approximate surface area is 112 Å². The molecule has 100 valence electrons. The lowest BCUT2D eigenvalue weighted by Crippen LogP contribution is -2.16. The van der Waals surface area contributed by atoms with Gasteiger partial charge in [-0.05, 0) is 13.8 Å². The van der Waals surface area contributed by atoms with Gasteiger partial charge in [0.15, 0.2) is 5.78 Å². The van der Waals surface area contributed by atoms with Crippen LogP contribution in [0.15, 0.2) is 42.0 Å². The van der Waals surface area contributed by atoms with Crippen molar-refractivity contribution in [1.82, 2.24) is 0 Å². The number of ether oxygens (including phenoxy) is 1. The highest BCUT2D eigenvalue weighted by Crippen LogP contribution is 2.11. The molecule has 0 aromatic heterocycles. The van der Waals surface area contributed by atoms with Gasteiger partial charge in [-0.3, -0.25) is 9.59 Å². The van der Waals surface area contributed by atoms with E-state index < -0.39 is 11.8 Å². The minimum atomic E-state index is -0.697. The van der Waals surface area contributed by atoms with E-state index in [0.717, 1.165) is 0 Å². The van der Waals surface area contributed by atoms with Gasteiger partial charge in [0.2, 0.25) is 0 Å². The molecule has 1 aromatic rings. The van der Waals surface area contributed by atoms with E-state index in [1.54, 1.807) is 37.3 Å². The van der Waals surface area contributed by atoms with Crippen LogP contribution in [0.25, 0.3) is 0 Å². The van der Waals surface area contributed by atoms with Crippen molar-refractivity contribution < 1.29 is 19.1 Å². The average Bonchev–Trinajstić information content (AvgIpc) is 2.39. The summed E-state index contributed by atoms with van der Waals surface area (Å²) in [7, 11) is 0. The first kappa shape index (κ1) is 14.8. The quantitative estimate of drug-likeness (QED) is 0.259. The van der Waals surface area contributed by atoms with Gasteiger partial charge >= 0.3 is 5.97 Å². The van der Waals surface area contributed by atoms with Gasteiger partial charge in [-0.15, -0.1) is 0 Å². The fourth-order valence-electron chi connectivity index (χ4n) is 1.47. The molecule has 0 bridgehead atoms. The number of ketones is 2. The molecule has 0 atom stereocenters. The first-order valence-corrected chi connectivity index (χ1v) is 6.02. The van der Waals surface area contributed by atoms with Gasteiger partial charge in [0.05, 0.1) is 6.61 Å². The van der Waals surface area contributed by atoms with Crippen LogP contribution >= 0.6 is 0 Å². The van der Waals surface area contributed by atoms with Crippen molar-refractivity contribution in [2.75, 3.05) is 6.61 Å². The van der Waals surface area contributed by atoms with Crippen molar-refractivity contribution in [3.8, 4) is 0 Å².